The fraction of sp³-hybridized carbons (Fsp3) is 0. The zero-order valence-corrected chi connectivity index (χ0v) is 10.8. The van der Waals surface area contributed by atoms with Crippen LogP contribution in [0.25, 0.3) is 22.6 Å². The van der Waals surface area contributed by atoms with E-state index in [2.05, 4.69) is 24.9 Å². The van der Waals surface area contributed by atoms with Gasteiger partial charge in [-0.05, 0) is 12.1 Å². The third kappa shape index (κ3) is 2.69. The van der Waals surface area contributed by atoms with Gasteiger partial charge in [0.25, 0.3) is 0 Å². The monoisotopic (exact) mass is 269 g/mol. The van der Waals surface area contributed by atoms with Gasteiger partial charge >= 0.3 is 0 Å². The van der Waals surface area contributed by atoms with Gasteiger partial charge in [-0.2, -0.15) is 0 Å². The number of rotatable bonds is 1. The van der Waals surface area contributed by atoms with Crippen molar-refractivity contribution in [2.45, 2.75) is 0 Å². The second-order valence-electron chi connectivity index (χ2n) is 3.74. The second-order valence-corrected chi connectivity index (χ2v) is 4.46. The highest BCUT2D eigenvalue weighted by atomic mass is 32.1. The molecule has 4 rings (SSSR count). The minimum atomic E-state index is 0.840. The molecule has 6 heteroatoms. The van der Waals surface area contributed by atoms with Crippen molar-refractivity contribution in [2.75, 3.05) is 0 Å². The molecule has 0 saturated heterocycles. The maximum atomic E-state index is 4.44. The summed E-state index contributed by atoms with van der Waals surface area (Å²) in [7, 11) is 0. The van der Waals surface area contributed by atoms with Gasteiger partial charge < -0.3 is 9.97 Å². The highest BCUT2D eigenvalue weighted by molar-refractivity contribution is 7.07. The lowest BCUT2D eigenvalue weighted by Crippen LogP contribution is -1.77. The maximum absolute atomic E-state index is 4.44. The molecule has 2 N–H and O–H groups in total. The van der Waals surface area contributed by atoms with Gasteiger partial charge in [0, 0.05) is 17.8 Å². The first-order chi connectivity index (χ1) is 9.43. The lowest BCUT2D eigenvalue weighted by Gasteiger charge is -1.84. The maximum Gasteiger partial charge on any atom is 0.158 e. The number of aromatic amines is 2. The summed E-state index contributed by atoms with van der Waals surface area (Å²) < 4.78 is 0. The van der Waals surface area contributed by atoms with Crippen molar-refractivity contribution in [1.82, 2.24) is 24.9 Å². The molecule has 0 aliphatic heterocycles. The third-order valence-electron chi connectivity index (χ3n) is 2.47. The number of nitrogens with zero attached hydrogens (tertiary/aromatic N) is 3. The molecule has 0 unspecified atom stereocenters. The Bertz CT molecular complexity index is 677. The van der Waals surface area contributed by atoms with Crippen molar-refractivity contribution in [3.8, 4) is 11.5 Å². The Morgan fingerprint density at radius 3 is 2.74 bits per heavy atom. The zero-order valence-electron chi connectivity index (χ0n) is 9.95. The first kappa shape index (κ1) is 11.6. The number of hydrogen-bond acceptors (Lipinski definition) is 4. The van der Waals surface area contributed by atoms with Crippen molar-refractivity contribution in [2.24, 2.45) is 0 Å². The Morgan fingerprint density at radius 1 is 1.16 bits per heavy atom. The zero-order chi connectivity index (χ0) is 12.9. The van der Waals surface area contributed by atoms with Gasteiger partial charge in [-0.15, -0.1) is 11.3 Å². The summed E-state index contributed by atoms with van der Waals surface area (Å²) in [6.07, 6.45) is 5.08. The molecule has 3 heterocycles. The van der Waals surface area contributed by atoms with E-state index in [1.807, 2.05) is 35.2 Å². The van der Waals surface area contributed by atoms with Crippen LogP contribution in [0, 0.1) is 0 Å². The van der Waals surface area contributed by atoms with Crippen LogP contribution >= 0.6 is 11.3 Å². The molecular formula is C13H11N5S. The van der Waals surface area contributed by atoms with Crippen molar-refractivity contribution < 1.29 is 0 Å². The van der Waals surface area contributed by atoms with Crippen LogP contribution in [0.3, 0.4) is 0 Å². The molecule has 3 aromatic heterocycles. The van der Waals surface area contributed by atoms with E-state index < -0.39 is 0 Å². The average Bonchev–Trinajstić information content (AvgIpc) is 3.20. The first-order valence-corrected chi connectivity index (χ1v) is 6.64. The Labute approximate surface area is 113 Å². The molecule has 94 valence electrons. The molecule has 5 nitrogen and oxygen atoms in total. The summed E-state index contributed by atoms with van der Waals surface area (Å²) in [6, 6.07) is 7.97. The van der Waals surface area contributed by atoms with E-state index in [0.29, 0.717) is 0 Å². The van der Waals surface area contributed by atoms with Crippen LogP contribution in [0.15, 0.2) is 53.9 Å². The van der Waals surface area contributed by atoms with E-state index in [0.717, 1.165) is 22.6 Å². The van der Waals surface area contributed by atoms with Crippen LogP contribution in [-0.4, -0.2) is 24.9 Å². The Morgan fingerprint density at radius 2 is 2.11 bits per heavy atom. The number of imidazole rings is 2. The van der Waals surface area contributed by atoms with E-state index in [-0.39, 0.29) is 0 Å². The van der Waals surface area contributed by atoms with Gasteiger partial charge in [-0.3, -0.25) is 0 Å². The highest BCUT2D eigenvalue weighted by Crippen LogP contribution is 2.19. The summed E-state index contributed by atoms with van der Waals surface area (Å²) in [5.74, 6) is 0.840. The van der Waals surface area contributed by atoms with Crippen LogP contribution in [0.1, 0.15) is 0 Å². The summed E-state index contributed by atoms with van der Waals surface area (Å²) >= 11 is 1.57. The lowest BCUT2D eigenvalue weighted by molar-refractivity contribution is 1.27. The second kappa shape index (κ2) is 5.45. The van der Waals surface area contributed by atoms with Crippen LogP contribution in [-0.2, 0) is 0 Å². The molecule has 1 aromatic carbocycles. The summed E-state index contributed by atoms with van der Waals surface area (Å²) in [6.45, 7) is 0. The van der Waals surface area contributed by atoms with E-state index >= 15 is 0 Å². The van der Waals surface area contributed by atoms with E-state index in [9.17, 15) is 0 Å². The van der Waals surface area contributed by atoms with E-state index in [1.165, 1.54) is 0 Å². The highest BCUT2D eigenvalue weighted by Gasteiger charge is 2.05. The molecule has 0 atom stereocenters. The van der Waals surface area contributed by atoms with Crippen LogP contribution in [0.2, 0.25) is 0 Å². The fourth-order valence-corrected chi connectivity index (χ4v) is 2.16. The van der Waals surface area contributed by atoms with Crippen LogP contribution in [0.4, 0.5) is 0 Å². The van der Waals surface area contributed by atoms with Crippen molar-refractivity contribution in [1.29, 1.82) is 0 Å². The number of benzene rings is 1. The van der Waals surface area contributed by atoms with Crippen LogP contribution < -0.4 is 0 Å². The van der Waals surface area contributed by atoms with Gasteiger partial charge in [-0.1, -0.05) is 12.1 Å². The van der Waals surface area contributed by atoms with Crippen molar-refractivity contribution >= 4 is 22.4 Å². The molecule has 4 aromatic rings. The predicted molar refractivity (Wildman–Crippen MR) is 75.8 cm³/mol. The van der Waals surface area contributed by atoms with Crippen molar-refractivity contribution in [3.63, 3.8) is 0 Å². The lowest BCUT2D eigenvalue weighted by atomic mass is 10.3. The molecule has 0 radical (unpaired) electrons. The average molecular weight is 269 g/mol. The number of para-hydroxylation sites is 2. The smallest absolute Gasteiger partial charge is 0.158 e. The molecular weight excluding hydrogens is 258 g/mol. The Hall–Kier alpha value is -2.47. The quantitative estimate of drug-likeness (QED) is 0.558. The van der Waals surface area contributed by atoms with Gasteiger partial charge in [-0.25, -0.2) is 15.0 Å². The number of aromatic nitrogens is 5. The predicted octanol–water partition coefficient (Wildman–Crippen LogP) is 3.10. The molecule has 0 saturated carbocycles. The SMILES string of the molecule is c1c[nH]cn1.c1ccc2[nH]c(-c3cscn3)nc2c1. The summed E-state index contributed by atoms with van der Waals surface area (Å²) in [5.41, 5.74) is 4.75. The van der Waals surface area contributed by atoms with Gasteiger partial charge in [0.05, 0.1) is 22.9 Å². The number of H-pyrrole nitrogens is 2. The normalized spacial score (nSPS) is 10.1. The topological polar surface area (TPSA) is 70.2 Å². The molecule has 0 amide bonds. The largest absolute Gasteiger partial charge is 0.351 e. The van der Waals surface area contributed by atoms with Crippen molar-refractivity contribution in [3.05, 3.63) is 53.9 Å². The number of nitrogens with one attached hydrogen (secondary N) is 2. The third-order valence-corrected chi connectivity index (χ3v) is 3.06. The summed E-state index contributed by atoms with van der Waals surface area (Å²) in [5, 5.41) is 1.98. The molecule has 0 bridgehead atoms. The van der Waals surface area contributed by atoms with Gasteiger partial charge in [0.2, 0.25) is 0 Å². The Balaban J connectivity index is 0.000000187. The molecule has 0 aliphatic rings. The van der Waals surface area contributed by atoms with E-state index in [1.54, 1.807) is 30.1 Å². The Kier molecular flexibility index (Phi) is 3.33. The molecule has 0 spiro atoms. The minimum Gasteiger partial charge on any atom is -0.351 e. The van der Waals surface area contributed by atoms with E-state index in [4.69, 9.17) is 0 Å². The number of fused-ring (bicyclic) bond motifs is 1. The van der Waals surface area contributed by atoms with Crippen LogP contribution in [0.5, 0.6) is 0 Å². The number of thiazole rings is 1. The number of hydrogen-bond donors (Lipinski definition) is 2. The summed E-state index contributed by atoms with van der Waals surface area (Å²) in [4.78, 5) is 18.3. The molecule has 0 aliphatic carbocycles. The molecule has 0 fully saturated rings. The van der Waals surface area contributed by atoms with Gasteiger partial charge in [0.15, 0.2) is 5.82 Å². The van der Waals surface area contributed by atoms with Gasteiger partial charge in [0.1, 0.15) is 5.69 Å². The first-order valence-electron chi connectivity index (χ1n) is 5.69. The molecule has 19 heavy (non-hydrogen) atoms. The minimum absolute atomic E-state index is 0.840. The fourth-order valence-electron chi connectivity index (χ4n) is 1.62. The standard InChI is InChI=1S/C10H7N3S.C3H4N2/c1-2-4-8-7(3-1)12-10(13-8)9-5-14-6-11-9;1-2-5-3-4-1/h1-6H,(H,12,13);1-3H,(H,4,5).